The zero-order valence-corrected chi connectivity index (χ0v) is 13.9. The predicted molar refractivity (Wildman–Crippen MR) is 85.7 cm³/mol. The molecule has 0 unspecified atom stereocenters. The van der Waals surface area contributed by atoms with E-state index in [9.17, 15) is 9.59 Å². The van der Waals surface area contributed by atoms with Gasteiger partial charge in [0.2, 0.25) is 5.91 Å². The fraction of sp³-hybridized carbons (Fsp3) is 0.688. The molecule has 7 heteroatoms. The van der Waals surface area contributed by atoms with Gasteiger partial charge in [-0.25, -0.2) is 4.79 Å². The molecule has 3 rings (SSSR count). The van der Waals surface area contributed by atoms with E-state index in [1.807, 2.05) is 23.8 Å². The van der Waals surface area contributed by atoms with Crippen molar-refractivity contribution < 1.29 is 9.59 Å². The molecule has 0 atom stereocenters. The van der Waals surface area contributed by atoms with Gasteiger partial charge in [0.25, 0.3) is 0 Å². The minimum atomic E-state index is -0.0611. The highest BCUT2D eigenvalue weighted by molar-refractivity contribution is 5.81. The van der Waals surface area contributed by atoms with Crippen molar-refractivity contribution in [1.29, 1.82) is 0 Å². The second kappa shape index (κ2) is 6.60. The quantitative estimate of drug-likeness (QED) is 0.899. The Morgan fingerprint density at radius 3 is 2.57 bits per heavy atom. The molecule has 1 aromatic heterocycles. The van der Waals surface area contributed by atoms with E-state index in [0.717, 1.165) is 37.1 Å². The van der Waals surface area contributed by atoms with Crippen molar-refractivity contribution in [2.75, 3.05) is 26.2 Å². The summed E-state index contributed by atoms with van der Waals surface area (Å²) in [4.78, 5) is 28.2. The van der Waals surface area contributed by atoms with Crippen molar-refractivity contribution in [3.8, 4) is 0 Å². The summed E-state index contributed by atoms with van der Waals surface area (Å²) in [6.07, 6.45) is 4.69. The highest BCUT2D eigenvalue weighted by Crippen LogP contribution is 2.31. The third-order valence-electron chi connectivity index (χ3n) is 4.79. The van der Waals surface area contributed by atoms with Crippen LogP contribution in [-0.4, -0.2) is 57.7 Å². The SMILES string of the molecule is Cc1c(CNC(=O)N2CCCN(C(=O)C3CC3)CC2)cnn1C. The molecule has 2 heterocycles. The maximum absolute atomic E-state index is 12.3. The van der Waals surface area contributed by atoms with E-state index >= 15 is 0 Å². The predicted octanol–water partition coefficient (Wildman–Crippen LogP) is 0.882. The lowest BCUT2D eigenvalue weighted by Gasteiger charge is -2.22. The number of hydrogen-bond acceptors (Lipinski definition) is 3. The topological polar surface area (TPSA) is 70.5 Å². The Balaban J connectivity index is 1.49. The first-order valence-electron chi connectivity index (χ1n) is 8.35. The van der Waals surface area contributed by atoms with Gasteiger partial charge in [0, 0.05) is 56.9 Å². The number of carbonyl (C=O) groups is 2. The normalized spacial score (nSPS) is 18.7. The number of aromatic nitrogens is 2. The van der Waals surface area contributed by atoms with Gasteiger partial charge in [0.05, 0.1) is 6.20 Å². The monoisotopic (exact) mass is 319 g/mol. The molecular formula is C16H25N5O2. The van der Waals surface area contributed by atoms with Crippen LogP contribution in [0.3, 0.4) is 0 Å². The zero-order valence-electron chi connectivity index (χ0n) is 13.9. The number of hydrogen-bond donors (Lipinski definition) is 1. The first kappa shape index (κ1) is 15.8. The van der Waals surface area contributed by atoms with Crippen LogP contribution in [0.25, 0.3) is 0 Å². The Morgan fingerprint density at radius 2 is 1.91 bits per heavy atom. The molecule has 1 N–H and O–H groups in total. The van der Waals surface area contributed by atoms with E-state index in [2.05, 4.69) is 10.4 Å². The molecular weight excluding hydrogens is 294 g/mol. The summed E-state index contributed by atoms with van der Waals surface area (Å²) < 4.78 is 1.80. The number of aryl methyl sites for hydroxylation is 1. The number of urea groups is 1. The second-order valence-corrected chi connectivity index (χ2v) is 6.48. The summed E-state index contributed by atoms with van der Waals surface area (Å²) in [6, 6.07) is -0.0611. The van der Waals surface area contributed by atoms with Crippen molar-refractivity contribution >= 4 is 11.9 Å². The smallest absolute Gasteiger partial charge is 0.317 e. The molecule has 1 saturated carbocycles. The molecule has 0 radical (unpaired) electrons. The van der Waals surface area contributed by atoms with Crippen LogP contribution in [0, 0.1) is 12.8 Å². The lowest BCUT2D eigenvalue weighted by molar-refractivity contribution is -0.132. The fourth-order valence-corrected chi connectivity index (χ4v) is 2.93. The Bertz CT molecular complexity index is 593. The maximum atomic E-state index is 12.3. The summed E-state index contributed by atoms with van der Waals surface area (Å²) in [5.41, 5.74) is 2.09. The van der Waals surface area contributed by atoms with Gasteiger partial charge in [-0.3, -0.25) is 9.48 Å². The molecule has 23 heavy (non-hydrogen) atoms. The summed E-state index contributed by atoms with van der Waals surface area (Å²) in [6.45, 7) is 5.19. The molecule has 2 fully saturated rings. The van der Waals surface area contributed by atoms with E-state index in [4.69, 9.17) is 0 Å². The number of amides is 3. The number of nitrogens with zero attached hydrogens (tertiary/aromatic N) is 4. The average Bonchev–Trinajstić information content (AvgIpc) is 3.36. The van der Waals surface area contributed by atoms with Gasteiger partial charge in [0.15, 0.2) is 0 Å². The van der Waals surface area contributed by atoms with E-state index in [1.54, 1.807) is 10.9 Å². The van der Waals surface area contributed by atoms with E-state index < -0.39 is 0 Å². The fourth-order valence-electron chi connectivity index (χ4n) is 2.93. The molecule has 126 valence electrons. The van der Waals surface area contributed by atoms with Crippen LogP contribution in [-0.2, 0) is 18.4 Å². The molecule has 0 bridgehead atoms. The Morgan fingerprint density at radius 1 is 1.22 bits per heavy atom. The van der Waals surface area contributed by atoms with Crippen molar-refractivity contribution in [3.63, 3.8) is 0 Å². The molecule has 1 aliphatic heterocycles. The summed E-state index contributed by atoms with van der Waals surface area (Å²) in [5, 5.41) is 7.14. The standard InChI is InChI=1S/C16H25N5O2/c1-12-14(11-18-19(12)2)10-17-16(23)21-7-3-6-20(8-9-21)15(22)13-4-5-13/h11,13H,3-10H2,1-2H3,(H,17,23). The molecule has 3 amide bonds. The summed E-state index contributed by atoms with van der Waals surface area (Å²) >= 11 is 0. The molecule has 0 spiro atoms. The third kappa shape index (κ3) is 3.65. The third-order valence-corrected chi connectivity index (χ3v) is 4.79. The summed E-state index contributed by atoms with van der Waals surface area (Å²) in [5.74, 6) is 0.530. The average molecular weight is 319 g/mol. The van der Waals surface area contributed by atoms with Gasteiger partial charge in [-0.05, 0) is 26.2 Å². The first-order chi connectivity index (χ1) is 11.1. The highest BCUT2D eigenvalue weighted by atomic mass is 16.2. The Kier molecular flexibility index (Phi) is 4.54. The molecule has 1 aromatic rings. The van der Waals surface area contributed by atoms with Crippen LogP contribution in [0.2, 0.25) is 0 Å². The van der Waals surface area contributed by atoms with E-state index in [0.29, 0.717) is 26.2 Å². The van der Waals surface area contributed by atoms with Gasteiger partial charge in [0.1, 0.15) is 0 Å². The second-order valence-electron chi connectivity index (χ2n) is 6.48. The highest BCUT2D eigenvalue weighted by Gasteiger charge is 2.34. The number of rotatable bonds is 3. The van der Waals surface area contributed by atoms with Crippen molar-refractivity contribution in [1.82, 2.24) is 24.9 Å². The van der Waals surface area contributed by atoms with Crippen LogP contribution in [0.5, 0.6) is 0 Å². The largest absolute Gasteiger partial charge is 0.341 e. The lowest BCUT2D eigenvalue weighted by atomic mass is 10.2. The van der Waals surface area contributed by atoms with Gasteiger partial charge < -0.3 is 15.1 Å². The lowest BCUT2D eigenvalue weighted by Crippen LogP contribution is -2.42. The Labute approximate surface area is 136 Å². The van der Waals surface area contributed by atoms with Crippen LogP contribution in [0.4, 0.5) is 4.79 Å². The van der Waals surface area contributed by atoms with E-state index in [-0.39, 0.29) is 17.9 Å². The van der Waals surface area contributed by atoms with Crippen LogP contribution in [0.1, 0.15) is 30.5 Å². The van der Waals surface area contributed by atoms with Crippen molar-refractivity contribution in [2.24, 2.45) is 13.0 Å². The maximum Gasteiger partial charge on any atom is 0.317 e. The molecule has 1 saturated heterocycles. The van der Waals surface area contributed by atoms with Gasteiger partial charge in [-0.15, -0.1) is 0 Å². The van der Waals surface area contributed by atoms with Crippen molar-refractivity contribution in [2.45, 2.75) is 32.7 Å². The minimum absolute atomic E-state index is 0.0611. The van der Waals surface area contributed by atoms with Crippen LogP contribution < -0.4 is 5.32 Å². The van der Waals surface area contributed by atoms with Gasteiger partial charge in [-0.2, -0.15) is 5.10 Å². The van der Waals surface area contributed by atoms with Crippen LogP contribution >= 0.6 is 0 Å². The molecule has 1 aliphatic carbocycles. The Hall–Kier alpha value is -2.05. The van der Waals surface area contributed by atoms with Crippen molar-refractivity contribution in [3.05, 3.63) is 17.5 Å². The number of nitrogens with one attached hydrogen (secondary N) is 1. The molecule has 2 aliphatic rings. The summed E-state index contributed by atoms with van der Waals surface area (Å²) in [7, 11) is 1.89. The number of carbonyl (C=O) groups excluding carboxylic acids is 2. The zero-order chi connectivity index (χ0) is 16.4. The van der Waals surface area contributed by atoms with E-state index in [1.165, 1.54) is 0 Å². The van der Waals surface area contributed by atoms with Gasteiger partial charge in [-0.1, -0.05) is 0 Å². The first-order valence-corrected chi connectivity index (χ1v) is 8.35. The molecule has 7 nitrogen and oxygen atoms in total. The van der Waals surface area contributed by atoms with Gasteiger partial charge >= 0.3 is 6.03 Å². The minimum Gasteiger partial charge on any atom is -0.341 e. The van der Waals surface area contributed by atoms with Crippen LogP contribution in [0.15, 0.2) is 6.20 Å². The molecule has 0 aromatic carbocycles.